The Labute approximate surface area is 176 Å². The number of ketones is 1. The van der Waals surface area contributed by atoms with E-state index < -0.39 is 35.7 Å². The van der Waals surface area contributed by atoms with Crippen molar-refractivity contribution in [2.24, 2.45) is 10.7 Å². The number of rotatable bonds is 6. The molecule has 0 spiro atoms. The van der Waals surface area contributed by atoms with Crippen LogP contribution in [0.5, 0.6) is 5.88 Å². The van der Waals surface area contributed by atoms with Gasteiger partial charge in [-0.15, -0.1) is 5.92 Å². The number of halogens is 3. The van der Waals surface area contributed by atoms with E-state index >= 15 is 0 Å². The number of Topliss-reactive ketones (excluding diaryl/α,β-unsaturated/α-hetero) is 1. The van der Waals surface area contributed by atoms with Crippen molar-refractivity contribution in [2.45, 2.75) is 31.7 Å². The lowest BCUT2D eigenvalue weighted by atomic mass is 9.84. The fourth-order valence-electron chi connectivity index (χ4n) is 2.95. The number of benzene rings is 1. The van der Waals surface area contributed by atoms with Crippen molar-refractivity contribution in [3.05, 3.63) is 53.2 Å². The number of aromatic nitrogens is 2. The molecule has 2 heterocycles. The molecule has 0 bridgehead atoms. The van der Waals surface area contributed by atoms with Crippen LogP contribution < -0.4 is 10.5 Å². The van der Waals surface area contributed by atoms with E-state index in [2.05, 4.69) is 31.5 Å². The van der Waals surface area contributed by atoms with Crippen molar-refractivity contribution in [1.29, 1.82) is 0 Å². The van der Waals surface area contributed by atoms with Gasteiger partial charge >= 0.3 is 5.92 Å². The molecular formula is C21H19F3N4O3. The van der Waals surface area contributed by atoms with Crippen LogP contribution in [-0.4, -0.2) is 40.9 Å². The van der Waals surface area contributed by atoms with Crippen LogP contribution >= 0.6 is 0 Å². The largest absolute Gasteiger partial charge is 0.463 e. The first-order chi connectivity index (χ1) is 14.7. The van der Waals surface area contributed by atoms with Gasteiger partial charge in [-0.2, -0.15) is 8.78 Å². The highest BCUT2D eigenvalue weighted by molar-refractivity contribution is 5.95. The molecule has 0 aliphatic carbocycles. The SMILES string of the molecule is CC#CCOc1cnc(C(=O)Cc2ccc(F)c([C@@]3(C)N=C(N)OCC3(F)F)c2)cn1. The number of ether oxygens (including phenoxy) is 2. The average molecular weight is 432 g/mol. The van der Waals surface area contributed by atoms with Crippen LogP contribution in [0.4, 0.5) is 13.2 Å². The van der Waals surface area contributed by atoms with Gasteiger partial charge in [0.1, 0.15) is 11.5 Å². The third-order valence-electron chi connectivity index (χ3n) is 4.75. The predicted molar refractivity (Wildman–Crippen MR) is 105 cm³/mol. The zero-order valence-corrected chi connectivity index (χ0v) is 16.8. The highest BCUT2D eigenvalue weighted by Gasteiger charge is 2.56. The quantitative estimate of drug-likeness (QED) is 0.557. The zero-order chi connectivity index (χ0) is 22.6. The Bertz CT molecular complexity index is 1080. The second-order valence-electron chi connectivity index (χ2n) is 6.88. The van der Waals surface area contributed by atoms with Crippen LogP contribution in [0.25, 0.3) is 0 Å². The van der Waals surface area contributed by atoms with Gasteiger partial charge in [0.05, 0.1) is 12.4 Å². The zero-order valence-electron chi connectivity index (χ0n) is 16.8. The van der Waals surface area contributed by atoms with E-state index in [0.29, 0.717) is 5.56 Å². The van der Waals surface area contributed by atoms with Gasteiger partial charge in [0.2, 0.25) is 5.88 Å². The Hall–Kier alpha value is -3.61. The van der Waals surface area contributed by atoms with Crippen LogP contribution in [0.3, 0.4) is 0 Å². The van der Waals surface area contributed by atoms with Crippen LogP contribution in [0.2, 0.25) is 0 Å². The molecule has 0 saturated carbocycles. The minimum Gasteiger partial charge on any atom is -0.463 e. The summed E-state index contributed by atoms with van der Waals surface area (Å²) in [5.41, 5.74) is 3.13. The molecule has 7 nitrogen and oxygen atoms in total. The molecule has 3 rings (SSSR count). The Morgan fingerprint density at radius 3 is 2.77 bits per heavy atom. The molecule has 1 aromatic heterocycles. The summed E-state index contributed by atoms with van der Waals surface area (Å²) in [6.07, 6.45) is 2.31. The molecule has 31 heavy (non-hydrogen) atoms. The van der Waals surface area contributed by atoms with E-state index in [-0.39, 0.29) is 30.2 Å². The van der Waals surface area contributed by atoms with Gasteiger partial charge < -0.3 is 15.2 Å². The molecule has 1 aromatic carbocycles. The first-order valence-corrected chi connectivity index (χ1v) is 9.19. The topological polar surface area (TPSA) is 99.7 Å². The fourth-order valence-corrected chi connectivity index (χ4v) is 2.95. The second kappa shape index (κ2) is 8.63. The number of carbonyl (C=O) groups excluding carboxylic acids is 1. The average Bonchev–Trinajstić information content (AvgIpc) is 2.73. The molecule has 1 aliphatic heterocycles. The standard InChI is InChI=1S/C21H19F3N4O3/c1-3-4-7-30-18-11-26-16(10-27-18)17(29)9-13-5-6-15(22)14(8-13)20(2)21(23,24)12-31-19(25)28-20/h5-6,8,10-11H,7,9,12H2,1-2H3,(H2,25,28)/t20-/m1/s1. The lowest BCUT2D eigenvalue weighted by Gasteiger charge is -2.37. The third kappa shape index (κ3) is 4.60. The number of nitrogens with two attached hydrogens (primary N) is 1. The van der Waals surface area contributed by atoms with Crippen LogP contribution in [0.1, 0.15) is 35.5 Å². The molecule has 10 heteroatoms. The van der Waals surface area contributed by atoms with E-state index in [1.165, 1.54) is 24.5 Å². The third-order valence-corrected chi connectivity index (χ3v) is 4.75. The molecule has 0 amide bonds. The first-order valence-electron chi connectivity index (χ1n) is 9.19. The molecule has 0 unspecified atom stereocenters. The molecule has 1 aliphatic rings. The second-order valence-corrected chi connectivity index (χ2v) is 6.88. The maximum atomic E-state index is 14.5. The normalized spacial score (nSPS) is 19.5. The summed E-state index contributed by atoms with van der Waals surface area (Å²) in [6.45, 7) is 1.84. The number of hydrogen-bond donors (Lipinski definition) is 1. The molecule has 0 fully saturated rings. The number of nitrogens with zero attached hydrogens (tertiary/aromatic N) is 3. The van der Waals surface area contributed by atoms with Gasteiger partial charge in [0, 0.05) is 12.0 Å². The summed E-state index contributed by atoms with van der Waals surface area (Å²) in [5.74, 6) is 0.726. The molecule has 0 saturated heterocycles. The van der Waals surface area contributed by atoms with Gasteiger partial charge in [-0.1, -0.05) is 12.0 Å². The number of carbonyl (C=O) groups is 1. The summed E-state index contributed by atoms with van der Waals surface area (Å²) >= 11 is 0. The Balaban J connectivity index is 1.83. The number of aliphatic imine (C=N–C) groups is 1. The maximum Gasteiger partial charge on any atom is 0.310 e. The van der Waals surface area contributed by atoms with Crippen molar-refractivity contribution in [3.8, 4) is 17.7 Å². The van der Waals surface area contributed by atoms with Gasteiger partial charge in [0.15, 0.2) is 24.5 Å². The van der Waals surface area contributed by atoms with Crippen molar-refractivity contribution in [3.63, 3.8) is 0 Å². The number of amidine groups is 1. The minimum absolute atomic E-state index is 0.0460. The van der Waals surface area contributed by atoms with Crippen molar-refractivity contribution in [1.82, 2.24) is 9.97 Å². The monoisotopic (exact) mass is 432 g/mol. The summed E-state index contributed by atoms with van der Waals surface area (Å²) in [5, 5.41) is 0. The minimum atomic E-state index is -3.51. The van der Waals surface area contributed by atoms with E-state index in [1.807, 2.05) is 0 Å². The Morgan fingerprint density at radius 1 is 1.32 bits per heavy atom. The van der Waals surface area contributed by atoms with Crippen molar-refractivity contribution in [2.75, 3.05) is 13.2 Å². The number of hydrogen-bond acceptors (Lipinski definition) is 7. The van der Waals surface area contributed by atoms with Gasteiger partial charge in [0.25, 0.3) is 6.02 Å². The number of alkyl halides is 2. The Morgan fingerprint density at radius 2 is 2.10 bits per heavy atom. The van der Waals surface area contributed by atoms with Gasteiger partial charge in [-0.25, -0.2) is 19.4 Å². The molecule has 1 atom stereocenters. The fraction of sp³-hybridized carbons (Fsp3) is 0.333. The summed E-state index contributed by atoms with van der Waals surface area (Å²) < 4.78 is 53.4. The summed E-state index contributed by atoms with van der Waals surface area (Å²) in [4.78, 5) is 24.2. The van der Waals surface area contributed by atoms with Gasteiger partial charge in [-0.3, -0.25) is 4.79 Å². The molecule has 2 N–H and O–H groups in total. The lowest BCUT2D eigenvalue weighted by molar-refractivity contribution is -0.117. The smallest absolute Gasteiger partial charge is 0.310 e. The van der Waals surface area contributed by atoms with E-state index in [0.717, 1.165) is 13.0 Å². The van der Waals surface area contributed by atoms with E-state index in [9.17, 15) is 18.0 Å². The highest BCUT2D eigenvalue weighted by atomic mass is 19.3. The van der Waals surface area contributed by atoms with Crippen LogP contribution in [0.15, 0.2) is 35.6 Å². The lowest BCUT2D eigenvalue weighted by Crippen LogP contribution is -2.51. The van der Waals surface area contributed by atoms with Crippen molar-refractivity contribution < 1.29 is 27.4 Å². The van der Waals surface area contributed by atoms with Gasteiger partial charge in [-0.05, 0) is 31.5 Å². The molecular weight excluding hydrogens is 413 g/mol. The first kappa shape index (κ1) is 22.1. The van der Waals surface area contributed by atoms with Crippen LogP contribution in [-0.2, 0) is 16.7 Å². The Kier molecular flexibility index (Phi) is 6.15. The van der Waals surface area contributed by atoms with Crippen LogP contribution in [0, 0.1) is 17.7 Å². The highest BCUT2D eigenvalue weighted by Crippen LogP contribution is 2.44. The predicted octanol–water partition coefficient (Wildman–Crippen LogP) is 2.64. The summed E-state index contributed by atoms with van der Waals surface area (Å²) in [7, 11) is 0. The van der Waals surface area contributed by atoms with E-state index in [1.54, 1.807) is 6.92 Å². The summed E-state index contributed by atoms with van der Waals surface area (Å²) in [6, 6.07) is 3.06. The molecule has 162 valence electrons. The van der Waals surface area contributed by atoms with Crippen molar-refractivity contribution >= 4 is 11.8 Å². The maximum absolute atomic E-state index is 14.5. The molecule has 0 radical (unpaired) electrons. The van der Waals surface area contributed by atoms with E-state index in [4.69, 9.17) is 10.5 Å². The molecule has 2 aromatic rings.